The van der Waals surface area contributed by atoms with E-state index < -0.39 is 22.1 Å². The summed E-state index contributed by atoms with van der Waals surface area (Å²) in [6, 6.07) is 10.7. The zero-order valence-corrected chi connectivity index (χ0v) is 17.7. The van der Waals surface area contributed by atoms with Gasteiger partial charge in [0.05, 0.1) is 23.3 Å². The van der Waals surface area contributed by atoms with Crippen molar-refractivity contribution in [3.05, 3.63) is 53.6 Å². The zero-order chi connectivity index (χ0) is 21.8. The van der Waals surface area contributed by atoms with Crippen LogP contribution in [0.3, 0.4) is 0 Å². The van der Waals surface area contributed by atoms with Crippen LogP contribution in [-0.2, 0) is 19.6 Å². The molecule has 9 heteroatoms. The Labute approximate surface area is 170 Å². The monoisotopic (exact) mass is 420 g/mol. The minimum Gasteiger partial charge on any atom is -0.495 e. The number of ether oxygens (including phenoxy) is 2. The molecule has 1 atom stereocenters. The number of nitrogens with one attached hydrogen (secondary N) is 1. The second-order valence-electron chi connectivity index (χ2n) is 6.56. The summed E-state index contributed by atoms with van der Waals surface area (Å²) in [7, 11) is 0.544. The van der Waals surface area contributed by atoms with Gasteiger partial charge in [0.15, 0.2) is 6.10 Å². The van der Waals surface area contributed by atoms with E-state index >= 15 is 0 Å². The molecule has 0 aliphatic rings. The highest BCUT2D eigenvalue weighted by atomic mass is 32.2. The number of aryl methyl sites for hydroxylation is 1. The molecule has 0 saturated heterocycles. The summed E-state index contributed by atoms with van der Waals surface area (Å²) in [6.45, 7) is 3.11. The fourth-order valence-corrected chi connectivity index (χ4v) is 3.66. The van der Waals surface area contributed by atoms with E-state index in [0.717, 1.165) is 0 Å². The van der Waals surface area contributed by atoms with Gasteiger partial charge in [-0.3, -0.25) is 9.52 Å². The number of benzene rings is 2. The molecule has 156 valence electrons. The van der Waals surface area contributed by atoms with Crippen LogP contribution in [0.2, 0.25) is 0 Å². The van der Waals surface area contributed by atoms with E-state index in [-0.39, 0.29) is 22.1 Å². The van der Waals surface area contributed by atoms with Gasteiger partial charge in [0.25, 0.3) is 15.9 Å². The summed E-state index contributed by atoms with van der Waals surface area (Å²) < 4.78 is 38.4. The fourth-order valence-electron chi connectivity index (χ4n) is 2.56. The number of amides is 1. The van der Waals surface area contributed by atoms with Crippen molar-refractivity contribution in [1.29, 1.82) is 0 Å². The smallest absolute Gasteiger partial charge is 0.339 e. The summed E-state index contributed by atoms with van der Waals surface area (Å²) in [5, 5.41) is 0. The largest absolute Gasteiger partial charge is 0.495 e. The Kier molecular flexibility index (Phi) is 6.86. The number of sulfonamides is 1. The van der Waals surface area contributed by atoms with Crippen LogP contribution < -0.4 is 9.46 Å². The lowest BCUT2D eigenvalue weighted by molar-refractivity contribution is -0.137. The van der Waals surface area contributed by atoms with Crippen molar-refractivity contribution < 1.29 is 27.5 Å². The van der Waals surface area contributed by atoms with Gasteiger partial charge in [-0.25, -0.2) is 13.2 Å². The van der Waals surface area contributed by atoms with Crippen LogP contribution in [-0.4, -0.2) is 52.5 Å². The molecule has 0 aliphatic heterocycles. The number of methoxy groups -OCH3 is 1. The van der Waals surface area contributed by atoms with Gasteiger partial charge in [0.1, 0.15) is 5.75 Å². The van der Waals surface area contributed by atoms with E-state index in [9.17, 15) is 18.0 Å². The average molecular weight is 420 g/mol. The van der Waals surface area contributed by atoms with Crippen LogP contribution in [0.25, 0.3) is 0 Å². The molecule has 8 nitrogen and oxygen atoms in total. The SMILES string of the molecule is COc1ccccc1NS(=O)(=O)c1ccc(C)c(C(=O)O[C@@H](C)C(=O)N(C)C)c1. The number of hydrogen-bond acceptors (Lipinski definition) is 6. The molecule has 2 rings (SSSR count). The van der Waals surface area contributed by atoms with Gasteiger partial charge in [-0.1, -0.05) is 18.2 Å². The van der Waals surface area contributed by atoms with Gasteiger partial charge in [0, 0.05) is 14.1 Å². The molecule has 1 N–H and O–H groups in total. The van der Waals surface area contributed by atoms with Gasteiger partial charge in [-0.05, 0) is 43.7 Å². The molecule has 0 heterocycles. The Morgan fingerprint density at radius 1 is 1.10 bits per heavy atom. The molecule has 0 spiro atoms. The maximum atomic E-state index is 12.8. The van der Waals surface area contributed by atoms with Crippen LogP contribution in [0.15, 0.2) is 47.4 Å². The third kappa shape index (κ3) is 5.26. The molecular formula is C20H24N2O6S. The molecule has 0 aliphatic carbocycles. The first-order valence-corrected chi connectivity index (χ1v) is 10.2. The molecule has 1 amide bonds. The quantitative estimate of drug-likeness (QED) is 0.691. The van der Waals surface area contributed by atoms with E-state index in [1.165, 1.54) is 37.1 Å². The molecule has 0 unspecified atom stereocenters. The third-order valence-electron chi connectivity index (χ3n) is 4.16. The molecule has 29 heavy (non-hydrogen) atoms. The number of rotatable bonds is 7. The van der Waals surface area contributed by atoms with E-state index in [1.54, 1.807) is 45.3 Å². The highest BCUT2D eigenvalue weighted by Gasteiger charge is 2.24. The number of esters is 1. The van der Waals surface area contributed by atoms with Crippen LogP contribution >= 0.6 is 0 Å². The summed E-state index contributed by atoms with van der Waals surface area (Å²) in [5.74, 6) is -0.795. The topological polar surface area (TPSA) is 102 Å². The maximum Gasteiger partial charge on any atom is 0.339 e. The van der Waals surface area contributed by atoms with E-state index in [2.05, 4.69) is 4.72 Å². The first kappa shape index (κ1) is 22.2. The van der Waals surface area contributed by atoms with Gasteiger partial charge in [-0.15, -0.1) is 0 Å². The first-order valence-electron chi connectivity index (χ1n) is 8.75. The van der Waals surface area contributed by atoms with Gasteiger partial charge < -0.3 is 14.4 Å². The van der Waals surface area contributed by atoms with E-state index in [4.69, 9.17) is 9.47 Å². The lowest BCUT2D eigenvalue weighted by atomic mass is 10.1. The molecular weight excluding hydrogens is 396 g/mol. The Bertz CT molecular complexity index is 1020. The van der Waals surface area contributed by atoms with Crippen LogP contribution in [0.5, 0.6) is 5.75 Å². The fraction of sp³-hybridized carbons (Fsp3) is 0.300. The van der Waals surface area contributed by atoms with Crippen LogP contribution in [0.4, 0.5) is 5.69 Å². The summed E-state index contributed by atoms with van der Waals surface area (Å²) in [6.07, 6.45) is -0.996. The Morgan fingerprint density at radius 2 is 1.76 bits per heavy atom. The van der Waals surface area contributed by atoms with Crippen molar-refractivity contribution in [3.63, 3.8) is 0 Å². The molecule has 0 saturated carbocycles. The average Bonchev–Trinajstić information content (AvgIpc) is 2.67. The molecule has 0 aromatic heterocycles. The number of carbonyl (C=O) groups is 2. The maximum absolute atomic E-state index is 12.8. The van der Waals surface area contributed by atoms with E-state index in [1.807, 2.05) is 0 Å². The van der Waals surface area contributed by atoms with E-state index in [0.29, 0.717) is 11.3 Å². The predicted molar refractivity (Wildman–Crippen MR) is 109 cm³/mol. The van der Waals surface area contributed by atoms with Gasteiger partial charge in [-0.2, -0.15) is 0 Å². The second kappa shape index (κ2) is 8.95. The summed E-state index contributed by atoms with van der Waals surface area (Å²) in [4.78, 5) is 25.6. The van der Waals surface area contributed by atoms with Crippen LogP contribution in [0, 0.1) is 6.92 Å². The van der Waals surface area contributed by atoms with Crippen LogP contribution in [0.1, 0.15) is 22.8 Å². The Morgan fingerprint density at radius 3 is 2.38 bits per heavy atom. The zero-order valence-electron chi connectivity index (χ0n) is 16.9. The number of hydrogen-bond donors (Lipinski definition) is 1. The van der Waals surface area contributed by atoms with Gasteiger partial charge >= 0.3 is 5.97 Å². The van der Waals surface area contributed by atoms with Crippen molar-refractivity contribution in [2.24, 2.45) is 0 Å². The number of nitrogens with zero attached hydrogens (tertiary/aromatic N) is 1. The number of likely N-dealkylation sites (N-methyl/N-ethyl adjacent to an activating group) is 1. The minimum atomic E-state index is -3.99. The summed E-state index contributed by atoms with van der Waals surface area (Å²) in [5.41, 5.74) is 0.854. The number of para-hydroxylation sites is 2. The van der Waals surface area contributed by atoms with Crippen molar-refractivity contribution in [3.8, 4) is 5.75 Å². The second-order valence-corrected chi connectivity index (χ2v) is 8.25. The van der Waals surface area contributed by atoms with Crippen molar-refractivity contribution in [1.82, 2.24) is 4.90 Å². The number of carbonyl (C=O) groups excluding carboxylic acids is 2. The normalized spacial score (nSPS) is 12.0. The molecule has 0 radical (unpaired) electrons. The van der Waals surface area contributed by atoms with Crippen molar-refractivity contribution >= 4 is 27.6 Å². The third-order valence-corrected chi connectivity index (χ3v) is 5.53. The highest BCUT2D eigenvalue weighted by molar-refractivity contribution is 7.92. The Hall–Kier alpha value is -3.07. The molecule has 2 aromatic rings. The predicted octanol–water partition coefficient (Wildman–Crippen LogP) is 2.44. The number of anilines is 1. The lowest BCUT2D eigenvalue weighted by Gasteiger charge is -2.18. The Balaban J connectivity index is 2.31. The molecule has 2 aromatic carbocycles. The molecule has 0 bridgehead atoms. The van der Waals surface area contributed by atoms with Crippen molar-refractivity contribution in [2.75, 3.05) is 25.9 Å². The summed E-state index contributed by atoms with van der Waals surface area (Å²) >= 11 is 0. The van der Waals surface area contributed by atoms with Gasteiger partial charge in [0.2, 0.25) is 0 Å². The minimum absolute atomic E-state index is 0.0614. The van der Waals surface area contributed by atoms with Crippen molar-refractivity contribution in [2.45, 2.75) is 24.8 Å². The first-order chi connectivity index (χ1) is 13.6. The standard InChI is InChI=1S/C20H24N2O6S/c1-13-10-11-15(12-16(13)20(24)28-14(2)19(23)22(3)4)29(25,26)21-17-8-6-7-9-18(17)27-5/h6-12,14,21H,1-5H3/t14-/m0/s1. The highest BCUT2D eigenvalue weighted by Crippen LogP contribution is 2.27. The lowest BCUT2D eigenvalue weighted by Crippen LogP contribution is -2.35. The molecule has 0 fully saturated rings.